The highest BCUT2D eigenvalue weighted by Gasteiger charge is 2.22. The lowest BCUT2D eigenvalue weighted by Crippen LogP contribution is -2.46. The number of nitrogens with one attached hydrogen (secondary N) is 2. The summed E-state index contributed by atoms with van der Waals surface area (Å²) in [6.07, 6.45) is 0.476. The number of ether oxygens (including phenoxy) is 1. The molecule has 0 fully saturated rings. The van der Waals surface area contributed by atoms with E-state index >= 15 is 0 Å². The smallest absolute Gasteiger partial charge is 0.328 e. The molecule has 1 unspecified atom stereocenters. The van der Waals surface area contributed by atoms with E-state index in [1.807, 2.05) is 13.8 Å². The van der Waals surface area contributed by atoms with Crippen molar-refractivity contribution >= 4 is 45.1 Å². The Bertz CT molecular complexity index is 545. The minimum absolute atomic E-state index is 0.195. The fourth-order valence-electron chi connectivity index (χ4n) is 1.76. The summed E-state index contributed by atoms with van der Waals surface area (Å²) in [6.45, 7) is 3.69. The third-order valence-corrected chi connectivity index (χ3v) is 4.36. The van der Waals surface area contributed by atoms with E-state index in [4.69, 9.17) is 0 Å². The Labute approximate surface area is 141 Å². The first-order valence-corrected chi connectivity index (χ1v) is 8.35. The minimum Gasteiger partial charge on any atom is -0.467 e. The van der Waals surface area contributed by atoms with Crippen molar-refractivity contribution in [1.82, 2.24) is 10.6 Å². The molecule has 0 bridgehead atoms. The van der Waals surface area contributed by atoms with Gasteiger partial charge in [-0.3, -0.25) is 9.59 Å². The molecule has 1 rings (SSSR count). The second-order valence-electron chi connectivity index (χ2n) is 5.06. The first kappa shape index (κ1) is 18.6. The van der Waals surface area contributed by atoms with Gasteiger partial charge in [0.2, 0.25) is 5.91 Å². The molecule has 0 saturated carbocycles. The molecule has 6 nitrogen and oxygen atoms in total. The zero-order valence-corrected chi connectivity index (χ0v) is 15.0. The molecule has 0 radical (unpaired) electrons. The van der Waals surface area contributed by atoms with Crippen LogP contribution in [-0.4, -0.2) is 37.5 Å². The van der Waals surface area contributed by atoms with Crippen LogP contribution < -0.4 is 10.6 Å². The molecular weight excluding hydrogens is 372 g/mol. The number of thiophene rings is 1. The number of halogens is 1. The third-order valence-electron chi connectivity index (χ3n) is 2.73. The number of carbonyl (C=O) groups excluding carboxylic acids is 3. The lowest BCUT2D eigenvalue weighted by atomic mass is 10.0. The summed E-state index contributed by atoms with van der Waals surface area (Å²) in [5.41, 5.74) is 0. The van der Waals surface area contributed by atoms with Crippen LogP contribution in [0.2, 0.25) is 0 Å². The lowest BCUT2D eigenvalue weighted by molar-refractivity contribution is -0.145. The second kappa shape index (κ2) is 8.89. The number of rotatable bonds is 7. The Balaban J connectivity index is 2.49. The van der Waals surface area contributed by atoms with Crippen molar-refractivity contribution in [3.63, 3.8) is 0 Å². The maximum absolute atomic E-state index is 11.9. The van der Waals surface area contributed by atoms with Gasteiger partial charge in [0, 0.05) is 0 Å². The first-order chi connectivity index (χ1) is 10.3. The Morgan fingerprint density at radius 2 is 2.00 bits per heavy atom. The molecule has 22 heavy (non-hydrogen) atoms. The summed E-state index contributed by atoms with van der Waals surface area (Å²) >= 11 is 4.54. The Morgan fingerprint density at radius 1 is 1.32 bits per heavy atom. The van der Waals surface area contributed by atoms with Crippen LogP contribution in [0.1, 0.15) is 29.9 Å². The summed E-state index contributed by atoms with van der Waals surface area (Å²) in [7, 11) is 1.28. The van der Waals surface area contributed by atoms with Crippen LogP contribution in [0.4, 0.5) is 0 Å². The molecule has 1 aromatic rings. The van der Waals surface area contributed by atoms with Crippen LogP contribution in [0, 0.1) is 5.92 Å². The number of carbonyl (C=O) groups is 3. The van der Waals surface area contributed by atoms with E-state index in [-0.39, 0.29) is 18.4 Å². The second-order valence-corrected chi connectivity index (χ2v) is 7.52. The predicted octanol–water partition coefficient (Wildman–Crippen LogP) is 1.94. The van der Waals surface area contributed by atoms with E-state index in [1.54, 1.807) is 12.1 Å². The van der Waals surface area contributed by atoms with Gasteiger partial charge in [0.1, 0.15) is 6.04 Å². The Hall–Kier alpha value is -1.41. The zero-order valence-electron chi connectivity index (χ0n) is 12.6. The van der Waals surface area contributed by atoms with Gasteiger partial charge in [-0.1, -0.05) is 13.8 Å². The molecule has 1 heterocycles. The molecular formula is C14H19BrN2O4S. The van der Waals surface area contributed by atoms with Crippen LogP contribution >= 0.6 is 27.3 Å². The van der Waals surface area contributed by atoms with Crippen LogP contribution in [-0.2, 0) is 14.3 Å². The molecule has 0 saturated heterocycles. The van der Waals surface area contributed by atoms with Crippen molar-refractivity contribution in [1.29, 1.82) is 0 Å². The number of hydrogen-bond acceptors (Lipinski definition) is 5. The summed E-state index contributed by atoms with van der Waals surface area (Å²) in [5.74, 6) is -1.03. The highest BCUT2D eigenvalue weighted by Crippen LogP contribution is 2.21. The zero-order chi connectivity index (χ0) is 16.7. The fraction of sp³-hybridized carbons (Fsp3) is 0.500. The van der Waals surface area contributed by atoms with E-state index < -0.39 is 17.9 Å². The predicted molar refractivity (Wildman–Crippen MR) is 87.8 cm³/mol. The minimum atomic E-state index is -0.703. The number of hydrogen-bond donors (Lipinski definition) is 2. The quantitative estimate of drug-likeness (QED) is 0.696. The van der Waals surface area contributed by atoms with Crippen molar-refractivity contribution < 1.29 is 19.1 Å². The van der Waals surface area contributed by atoms with Gasteiger partial charge in [-0.2, -0.15) is 0 Å². The van der Waals surface area contributed by atoms with Gasteiger partial charge in [-0.25, -0.2) is 4.79 Å². The van der Waals surface area contributed by atoms with Crippen molar-refractivity contribution in [3.05, 3.63) is 20.8 Å². The summed E-state index contributed by atoms with van der Waals surface area (Å²) in [5, 5.41) is 5.09. The number of amides is 2. The fourth-order valence-corrected chi connectivity index (χ4v) is 3.06. The molecule has 2 amide bonds. The first-order valence-electron chi connectivity index (χ1n) is 6.74. The third kappa shape index (κ3) is 6.15. The summed E-state index contributed by atoms with van der Waals surface area (Å²) in [4.78, 5) is 35.8. The maximum Gasteiger partial charge on any atom is 0.328 e. The van der Waals surface area contributed by atoms with Gasteiger partial charge in [0.15, 0.2) is 0 Å². The molecule has 0 aromatic carbocycles. The molecule has 0 aliphatic heterocycles. The number of esters is 1. The van der Waals surface area contributed by atoms with Crippen molar-refractivity contribution in [2.75, 3.05) is 13.7 Å². The molecule has 0 aliphatic rings. The van der Waals surface area contributed by atoms with Crippen molar-refractivity contribution in [3.8, 4) is 0 Å². The highest BCUT2D eigenvalue weighted by molar-refractivity contribution is 9.11. The molecule has 0 spiro atoms. The van der Waals surface area contributed by atoms with Crippen molar-refractivity contribution in [2.45, 2.75) is 26.3 Å². The maximum atomic E-state index is 11.9. The molecule has 8 heteroatoms. The monoisotopic (exact) mass is 390 g/mol. The van der Waals surface area contributed by atoms with E-state index in [0.29, 0.717) is 11.3 Å². The Kier molecular flexibility index (Phi) is 7.53. The normalized spacial score (nSPS) is 11.9. The van der Waals surface area contributed by atoms with Gasteiger partial charge >= 0.3 is 5.97 Å². The largest absolute Gasteiger partial charge is 0.467 e. The molecule has 1 aromatic heterocycles. The average Bonchev–Trinajstić information content (AvgIpc) is 2.89. The topological polar surface area (TPSA) is 84.5 Å². The van der Waals surface area contributed by atoms with Gasteiger partial charge in [-0.15, -0.1) is 11.3 Å². The van der Waals surface area contributed by atoms with E-state index in [1.165, 1.54) is 18.4 Å². The standard InChI is InChI=1S/C14H19BrN2O4S/c1-8(2)6-9(14(20)21-3)17-12(18)7-16-13(19)10-4-5-11(15)22-10/h4-5,8-9H,6-7H2,1-3H3,(H,16,19)(H,17,18). The summed E-state index contributed by atoms with van der Waals surface area (Å²) in [6, 6.07) is 2.72. The Morgan fingerprint density at radius 3 is 2.50 bits per heavy atom. The van der Waals surface area contributed by atoms with Gasteiger partial charge in [0.05, 0.1) is 22.3 Å². The van der Waals surface area contributed by atoms with Crippen LogP contribution in [0.25, 0.3) is 0 Å². The van der Waals surface area contributed by atoms with Crippen molar-refractivity contribution in [2.24, 2.45) is 5.92 Å². The van der Waals surface area contributed by atoms with E-state index in [2.05, 4.69) is 31.3 Å². The average molecular weight is 391 g/mol. The molecule has 1 atom stereocenters. The van der Waals surface area contributed by atoms with Crippen LogP contribution in [0.15, 0.2) is 15.9 Å². The molecule has 0 aliphatic carbocycles. The van der Waals surface area contributed by atoms with Crippen LogP contribution in [0.5, 0.6) is 0 Å². The van der Waals surface area contributed by atoms with Crippen LogP contribution in [0.3, 0.4) is 0 Å². The van der Waals surface area contributed by atoms with Gasteiger partial charge in [-0.05, 0) is 40.4 Å². The van der Waals surface area contributed by atoms with E-state index in [9.17, 15) is 14.4 Å². The summed E-state index contributed by atoms with van der Waals surface area (Å²) < 4.78 is 5.51. The van der Waals surface area contributed by atoms with E-state index in [0.717, 1.165) is 3.79 Å². The number of methoxy groups -OCH3 is 1. The van der Waals surface area contributed by atoms with Gasteiger partial charge < -0.3 is 15.4 Å². The molecule has 2 N–H and O–H groups in total. The molecule has 122 valence electrons. The van der Waals surface area contributed by atoms with Gasteiger partial charge in [0.25, 0.3) is 5.91 Å². The highest BCUT2D eigenvalue weighted by atomic mass is 79.9. The SMILES string of the molecule is COC(=O)C(CC(C)C)NC(=O)CNC(=O)c1ccc(Br)s1. The lowest BCUT2D eigenvalue weighted by Gasteiger charge is -2.18.